The Bertz CT molecular complexity index is 568. The molecule has 0 atom stereocenters. The average Bonchev–Trinajstić information content (AvgIpc) is 2.54. The Hall–Kier alpha value is -2.31. The minimum Gasteiger partial charge on any atom is -0.496 e. The molecule has 1 N–H and O–H groups in total. The molecule has 0 aliphatic heterocycles. The lowest BCUT2D eigenvalue weighted by Gasteiger charge is -2.26. The number of benzene rings is 1. The minimum absolute atomic E-state index is 0.0585. The van der Waals surface area contributed by atoms with E-state index < -0.39 is 4.92 Å². The number of hydrogen-bond donors (Lipinski definition) is 1. The van der Waals surface area contributed by atoms with Gasteiger partial charge in [0.15, 0.2) is 12.4 Å². The van der Waals surface area contributed by atoms with Crippen LogP contribution in [-0.2, 0) is 4.79 Å². The van der Waals surface area contributed by atoms with Gasteiger partial charge in [-0.2, -0.15) is 0 Å². The monoisotopic (exact) mass is 322 g/mol. The number of carbonyl (C=O) groups excluding carboxylic acids is 1. The van der Waals surface area contributed by atoms with Crippen molar-refractivity contribution in [3.05, 3.63) is 28.3 Å². The normalized spacial score (nSPS) is 20.6. The molecule has 1 amide bonds. The van der Waals surface area contributed by atoms with Crippen LogP contribution in [-0.4, -0.2) is 30.6 Å². The van der Waals surface area contributed by atoms with Gasteiger partial charge in [0.25, 0.3) is 5.91 Å². The van der Waals surface area contributed by atoms with E-state index >= 15 is 0 Å². The summed E-state index contributed by atoms with van der Waals surface area (Å²) in [5.74, 6) is 0.879. The molecule has 126 valence electrons. The summed E-state index contributed by atoms with van der Waals surface area (Å²) >= 11 is 0. The number of nitrogens with one attached hydrogen (secondary N) is 1. The highest BCUT2D eigenvalue weighted by molar-refractivity contribution is 5.78. The fourth-order valence-corrected chi connectivity index (χ4v) is 2.71. The summed E-state index contributed by atoms with van der Waals surface area (Å²) in [7, 11) is 1.43. The van der Waals surface area contributed by atoms with Crippen LogP contribution in [0.5, 0.6) is 11.5 Å². The molecule has 1 saturated carbocycles. The molecule has 1 aliphatic carbocycles. The van der Waals surface area contributed by atoms with Crippen LogP contribution in [0.15, 0.2) is 18.2 Å². The Morgan fingerprint density at radius 1 is 1.35 bits per heavy atom. The van der Waals surface area contributed by atoms with Crippen molar-refractivity contribution in [1.82, 2.24) is 5.32 Å². The van der Waals surface area contributed by atoms with Crippen LogP contribution in [0.25, 0.3) is 0 Å². The highest BCUT2D eigenvalue weighted by Gasteiger charge is 2.21. The summed E-state index contributed by atoms with van der Waals surface area (Å²) in [6.45, 7) is 1.98. The average molecular weight is 322 g/mol. The van der Waals surface area contributed by atoms with Gasteiger partial charge in [0, 0.05) is 6.04 Å². The highest BCUT2D eigenvalue weighted by Crippen LogP contribution is 2.31. The zero-order valence-corrected chi connectivity index (χ0v) is 13.4. The van der Waals surface area contributed by atoms with E-state index in [4.69, 9.17) is 9.47 Å². The summed E-state index contributed by atoms with van der Waals surface area (Å²) < 4.78 is 10.3. The largest absolute Gasteiger partial charge is 0.496 e. The van der Waals surface area contributed by atoms with Crippen LogP contribution in [0.2, 0.25) is 0 Å². The summed E-state index contributed by atoms with van der Waals surface area (Å²) in [6, 6.07) is 4.44. The fourth-order valence-electron chi connectivity index (χ4n) is 2.71. The molecule has 0 saturated heterocycles. The number of methoxy groups -OCH3 is 1. The number of nitrogens with zero attached hydrogens (tertiary/aromatic N) is 1. The molecular weight excluding hydrogens is 300 g/mol. The molecule has 2 rings (SSSR count). The number of carbonyl (C=O) groups is 1. The van der Waals surface area contributed by atoms with Gasteiger partial charge in [-0.1, -0.05) is 6.92 Å². The molecule has 7 heteroatoms. The Balaban J connectivity index is 1.90. The lowest BCUT2D eigenvalue weighted by molar-refractivity contribution is -0.385. The molecule has 1 aromatic carbocycles. The van der Waals surface area contributed by atoms with E-state index in [0.717, 1.165) is 25.7 Å². The number of ether oxygens (including phenoxy) is 2. The second kappa shape index (κ2) is 7.80. The van der Waals surface area contributed by atoms with Gasteiger partial charge in [0.05, 0.1) is 18.1 Å². The van der Waals surface area contributed by atoms with E-state index in [1.54, 1.807) is 6.07 Å². The van der Waals surface area contributed by atoms with Crippen molar-refractivity contribution in [2.24, 2.45) is 5.92 Å². The van der Waals surface area contributed by atoms with Crippen LogP contribution in [0, 0.1) is 16.0 Å². The SMILES string of the molecule is COc1ccc(OCC(=O)NC2CCC(C)CC2)c([N+](=O)[O-])c1. The molecule has 0 aromatic heterocycles. The van der Waals surface area contributed by atoms with Crippen molar-refractivity contribution in [1.29, 1.82) is 0 Å². The molecule has 23 heavy (non-hydrogen) atoms. The number of amides is 1. The van der Waals surface area contributed by atoms with Gasteiger partial charge in [-0.25, -0.2) is 0 Å². The summed E-state index contributed by atoms with van der Waals surface area (Å²) in [5.41, 5.74) is -0.219. The fraction of sp³-hybridized carbons (Fsp3) is 0.562. The van der Waals surface area contributed by atoms with Crippen LogP contribution in [0.3, 0.4) is 0 Å². The molecule has 1 fully saturated rings. The van der Waals surface area contributed by atoms with Crippen LogP contribution < -0.4 is 14.8 Å². The van der Waals surface area contributed by atoms with Gasteiger partial charge in [-0.05, 0) is 43.7 Å². The zero-order valence-electron chi connectivity index (χ0n) is 13.4. The van der Waals surface area contributed by atoms with E-state index in [2.05, 4.69) is 12.2 Å². The maximum absolute atomic E-state index is 11.9. The van der Waals surface area contributed by atoms with E-state index in [1.165, 1.54) is 19.2 Å². The molecule has 0 bridgehead atoms. The molecule has 1 aromatic rings. The van der Waals surface area contributed by atoms with Gasteiger partial charge in [-0.15, -0.1) is 0 Å². The number of nitro benzene ring substituents is 1. The molecule has 0 heterocycles. The van der Waals surface area contributed by atoms with Gasteiger partial charge in [-0.3, -0.25) is 14.9 Å². The second-order valence-electron chi connectivity index (χ2n) is 5.90. The maximum atomic E-state index is 11.9. The molecule has 0 unspecified atom stereocenters. The van der Waals surface area contributed by atoms with Crippen molar-refractivity contribution >= 4 is 11.6 Å². The molecule has 7 nitrogen and oxygen atoms in total. The van der Waals surface area contributed by atoms with Crippen molar-refractivity contribution < 1.29 is 19.2 Å². The Kier molecular flexibility index (Phi) is 5.78. The van der Waals surface area contributed by atoms with E-state index in [1.807, 2.05) is 0 Å². The van der Waals surface area contributed by atoms with Gasteiger partial charge < -0.3 is 14.8 Å². The minimum atomic E-state index is -0.557. The van der Waals surface area contributed by atoms with Crippen LogP contribution in [0.1, 0.15) is 32.6 Å². The first-order chi connectivity index (χ1) is 11.0. The van der Waals surface area contributed by atoms with E-state index in [0.29, 0.717) is 11.7 Å². The van der Waals surface area contributed by atoms with Gasteiger partial charge >= 0.3 is 5.69 Å². The van der Waals surface area contributed by atoms with Crippen molar-refractivity contribution in [2.75, 3.05) is 13.7 Å². The topological polar surface area (TPSA) is 90.7 Å². The Morgan fingerprint density at radius 3 is 2.65 bits per heavy atom. The van der Waals surface area contributed by atoms with E-state index in [9.17, 15) is 14.9 Å². The third kappa shape index (κ3) is 4.84. The summed E-state index contributed by atoms with van der Waals surface area (Å²) in [5, 5.41) is 14.0. The first kappa shape index (κ1) is 17.1. The lowest BCUT2D eigenvalue weighted by atomic mass is 9.87. The van der Waals surface area contributed by atoms with Gasteiger partial charge in [0.2, 0.25) is 0 Å². The van der Waals surface area contributed by atoms with Gasteiger partial charge in [0.1, 0.15) is 5.75 Å². The first-order valence-corrected chi connectivity index (χ1v) is 7.74. The van der Waals surface area contributed by atoms with E-state index in [-0.39, 0.29) is 30.0 Å². The molecule has 0 radical (unpaired) electrons. The predicted molar refractivity (Wildman–Crippen MR) is 84.7 cm³/mol. The standard InChI is InChI=1S/C16H22N2O5/c1-11-3-5-12(6-4-11)17-16(19)10-23-15-8-7-13(22-2)9-14(15)18(20)21/h7-9,11-12H,3-6,10H2,1-2H3,(H,17,19). The van der Waals surface area contributed by atoms with Crippen LogP contribution >= 0.6 is 0 Å². The third-order valence-electron chi connectivity index (χ3n) is 4.10. The number of rotatable bonds is 6. The quantitative estimate of drug-likeness (QED) is 0.642. The maximum Gasteiger partial charge on any atom is 0.314 e. The van der Waals surface area contributed by atoms with Crippen molar-refractivity contribution in [2.45, 2.75) is 38.6 Å². The third-order valence-corrected chi connectivity index (χ3v) is 4.10. The van der Waals surface area contributed by atoms with Crippen molar-refractivity contribution in [3.63, 3.8) is 0 Å². The summed E-state index contributed by atoms with van der Waals surface area (Å²) in [6.07, 6.45) is 4.15. The summed E-state index contributed by atoms with van der Waals surface area (Å²) in [4.78, 5) is 22.4. The lowest BCUT2D eigenvalue weighted by Crippen LogP contribution is -2.39. The Morgan fingerprint density at radius 2 is 2.04 bits per heavy atom. The number of hydrogen-bond acceptors (Lipinski definition) is 5. The molecule has 0 spiro atoms. The smallest absolute Gasteiger partial charge is 0.314 e. The molecular formula is C16H22N2O5. The first-order valence-electron chi connectivity index (χ1n) is 7.74. The zero-order chi connectivity index (χ0) is 16.8. The molecule has 1 aliphatic rings. The second-order valence-corrected chi connectivity index (χ2v) is 5.90. The van der Waals surface area contributed by atoms with Crippen molar-refractivity contribution in [3.8, 4) is 11.5 Å². The Labute approximate surface area is 135 Å². The number of nitro groups is 1. The highest BCUT2D eigenvalue weighted by atomic mass is 16.6. The van der Waals surface area contributed by atoms with Crippen LogP contribution in [0.4, 0.5) is 5.69 Å². The predicted octanol–water partition coefficient (Wildman–Crippen LogP) is 2.68.